The topological polar surface area (TPSA) is 19.0 Å². The Bertz CT molecular complexity index is 1820. The molecule has 0 aromatic rings. The van der Waals surface area contributed by atoms with Gasteiger partial charge in [0.25, 0.3) is 0 Å². The van der Waals surface area contributed by atoms with Gasteiger partial charge in [-0.15, -0.1) is 0 Å². The molecule has 1 spiro atoms. The summed E-state index contributed by atoms with van der Waals surface area (Å²) in [5, 5.41) is 0. The Morgan fingerprint density at radius 3 is 2.17 bits per heavy atom. The molecule has 8 atom stereocenters. The lowest BCUT2D eigenvalue weighted by atomic mass is 9.26. The molecular weight excluding hydrogens is 705 g/mol. The van der Waals surface area contributed by atoms with Crippen molar-refractivity contribution in [2.75, 3.05) is 0 Å². The smallest absolute Gasteiger partial charge is 0.214 e. The molecule has 4 fully saturated rings. The maximum absolute atomic E-state index is 7.70. The summed E-state index contributed by atoms with van der Waals surface area (Å²) in [5.74, 6) is 1.93. The molecule has 0 aromatic heterocycles. The van der Waals surface area contributed by atoms with Crippen molar-refractivity contribution in [1.82, 2.24) is 14.7 Å². The third-order valence-electron chi connectivity index (χ3n) is 18.8. The van der Waals surface area contributed by atoms with E-state index in [2.05, 4.69) is 97.9 Å². The molecule has 7 aliphatic carbocycles. The van der Waals surface area contributed by atoms with Crippen LogP contribution >= 0.6 is 0 Å². The van der Waals surface area contributed by atoms with Gasteiger partial charge in [-0.3, -0.25) is 0 Å². The Balaban J connectivity index is 1.15. The zero-order valence-corrected chi connectivity index (χ0v) is 37.2. The number of allylic oxidation sites excluding steroid dienone is 7. The molecule has 8 unspecified atom stereocenters. The molecule has 5 heteroatoms. The summed E-state index contributed by atoms with van der Waals surface area (Å²) < 4.78 is 7.70. The van der Waals surface area contributed by atoms with Crippen molar-refractivity contribution in [3.63, 3.8) is 0 Å². The van der Waals surface area contributed by atoms with Crippen LogP contribution in [0.1, 0.15) is 176 Å². The highest BCUT2D eigenvalue weighted by Gasteiger charge is 2.69. The van der Waals surface area contributed by atoms with Crippen LogP contribution in [0.4, 0.5) is 0 Å². The Hall–Kier alpha value is -2.40. The average molecular weight is 782 g/mol. The molecular formula is C53H76BN3O. The van der Waals surface area contributed by atoms with E-state index in [0.717, 1.165) is 12.3 Å². The molecule has 312 valence electrons. The summed E-state index contributed by atoms with van der Waals surface area (Å²) >= 11 is 0. The van der Waals surface area contributed by atoms with E-state index < -0.39 is 0 Å². The SMILES string of the molecule is CC(C)(C)C1CC2=C3C(C1)C1(CCCCC1)C(C)(C)N3C1CC(N(C3C=CCCC3)C3C=CCCC3)=CC3=C1B2C1CC(C2=CCCC=C2)OC1N3C1CCCCC1. The molecule has 2 saturated carbocycles. The van der Waals surface area contributed by atoms with Crippen molar-refractivity contribution in [3.8, 4) is 0 Å². The van der Waals surface area contributed by atoms with Gasteiger partial charge in [0.05, 0.1) is 12.1 Å². The van der Waals surface area contributed by atoms with Gasteiger partial charge in [0.1, 0.15) is 6.23 Å². The Kier molecular flexibility index (Phi) is 9.71. The quantitative estimate of drug-likeness (QED) is 0.204. The standard InChI is InChI=1S/C53H76BN3O/c1-51(2,3)37-31-42-49-43(32-37)54-44-35-47(36-21-11-6-12-22-36)58-50(44)56(40-27-17-9-18-28-40)45-33-41(55(38-23-13-7-14-24-38)39-25-15-8-16-26-39)34-46(48(45)54)57(49)52(4,5)53(42)29-19-10-20-30-53/h11,13,15,21-23,25,33,37-40,42,44,46-47,50H,6-10,12,14,16-20,24,26-32,34-35H2,1-5H3. The first-order valence-electron chi connectivity index (χ1n) is 25.0. The summed E-state index contributed by atoms with van der Waals surface area (Å²) in [6.07, 6.45) is 49.8. The minimum Gasteiger partial charge on any atom is -0.363 e. The fourth-order valence-corrected chi connectivity index (χ4v) is 15.9. The predicted octanol–water partition coefficient (Wildman–Crippen LogP) is 12.8. The molecule has 58 heavy (non-hydrogen) atoms. The van der Waals surface area contributed by atoms with Crippen LogP contribution < -0.4 is 0 Å². The zero-order valence-electron chi connectivity index (χ0n) is 37.2. The van der Waals surface area contributed by atoms with E-state index in [9.17, 15) is 0 Å². The average Bonchev–Trinajstić information content (AvgIpc) is 3.76. The highest BCUT2D eigenvalue weighted by molar-refractivity contribution is 6.76. The molecule has 0 radical (unpaired) electrons. The third kappa shape index (κ3) is 5.90. The molecule has 11 aliphatic rings. The van der Waals surface area contributed by atoms with Crippen molar-refractivity contribution in [1.29, 1.82) is 0 Å². The third-order valence-corrected chi connectivity index (χ3v) is 18.8. The molecule has 4 aliphatic heterocycles. The van der Waals surface area contributed by atoms with E-state index in [1.165, 1.54) is 140 Å². The number of fused-ring (bicyclic) bond motifs is 5. The van der Waals surface area contributed by atoms with Crippen LogP contribution in [0.25, 0.3) is 0 Å². The highest BCUT2D eigenvalue weighted by atomic mass is 16.5. The number of rotatable bonds is 5. The van der Waals surface area contributed by atoms with Gasteiger partial charge < -0.3 is 19.4 Å². The highest BCUT2D eigenvalue weighted by Crippen LogP contribution is 2.70. The first-order valence-corrected chi connectivity index (χ1v) is 25.0. The van der Waals surface area contributed by atoms with E-state index >= 15 is 0 Å². The Morgan fingerprint density at radius 2 is 1.52 bits per heavy atom. The molecule has 0 amide bonds. The van der Waals surface area contributed by atoms with Gasteiger partial charge in [0.15, 0.2) is 0 Å². The van der Waals surface area contributed by atoms with Crippen LogP contribution in [0.5, 0.6) is 0 Å². The van der Waals surface area contributed by atoms with Crippen molar-refractivity contribution in [3.05, 3.63) is 82.2 Å². The molecule has 11 rings (SSSR count). The van der Waals surface area contributed by atoms with Crippen LogP contribution in [0.15, 0.2) is 82.2 Å². The van der Waals surface area contributed by atoms with E-state index in [-0.39, 0.29) is 17.9 Å². The van der Waals surface area contributed by atoms with Crippen LogP contribution in [0.2, 0.25) is 5.82 Å². The minimum absolute atomic E-state index is 0.126. The van der Waals surface area contributed by atoms with Crippen molar-refractivity contribution in [2.24, 2.45) is 22.7 Å². The van der Waals surface area contributed by atoms with E-state index in [1.807, 2.05) is 16.6 Å². The van der Waals surface area contributed by atoms with Crippen LogP contribution in [0.3, 0.4) is 0 Å². The van der Waals surface area contributed by atoms with Crippen LogP contribution in [-0.4, -0.2) is 63.5 Å². The Morgan fingerprint density at radius 1 is 0.793 bits per heavy atom. The van der Waals surface area contributed by atoms with Gasteiger partial charge in [-0.1, -0.05) is 113 Å². The maximum Gasteiger partial charge on any atom is 0.214 e. The number of hydrogen-bond acceptors (Lipinski definition) is 4. The zero-order chi connectivity index (χ0) is 39.4. The molecule has 0 aromatic carbocycles. The lowest BCUT2D eigenvalue weighted by Gasteiger charge is -2.59. The number of ether oxygens (including phenoxy) is 1. The van der Waals surface area contributed by atoms with Crippen molar-refractivity contribution < 1.29 is 4.74 Å². The van der Waals surface area contributed by atoms with Crippen molar-refractivity contribution >= 4 is 6.71 Å². The predicted molar refractivity (Wildman–Crippen MR) is 241 cm³/mol. The van der Waals surface area contributed by atoms with Gasteiger partial charge in [-0.2, -0.15) is 0 Å². The van der Waals surface area contributed by atoms with Crippen LogP contribution in [-0.2, 0) is 4.74 Å². The first kappa shape index (κ1) is 38.5. The fourth-order valence-electron chi connectivity index (χ4n) is 15.9. The maximum atomic E-state index is 7.70. The molecule has 4 nitrogen and oxygen atoms in total. The molecule has 4 heterocycles. The summed E-state index contributed by atoms with van der Waals surface area (Å²) in [5.41, 5.74) is 11.1. The van der Waals surface area contributed by atoms with Gasteiger partial charge in [-0.25, -0.2) is 0 Å². The second-order valence-corrected chi connectivity index (χ2v) is 22.8. The second kappa shape index (κ2) is 14.6. The Labute approximate surface area is 353 Å². The summed E-state index contributed by atoms with van der Waals surface area (Å²) in [4.78, 5) is 9.26. The van der Waals surface area contributed by atoms with Crippen LogP contribution in [0, 0.1) is 22.7 Å². The van der Waals surface area contributed by atoms with E-state index in [4.69, 9.17) is 4.74 Å². The lowest BCUT2D eigenvalue weighted by molar-refractivity contribution is -0.0529. The van der Waals surface area contributed by atoms with Crippen molar-refractivity contribution in [2.45, 2.75) is 224 Å². The number of nitrogens with zero attached hydrogens (tertiary/aromatic N) is 3. The number of hydrogen-bond donors (Lipinski definition) is 0. The van der Waals surface area contributed by atoms with Gasteiger partial charge in [0, 0.05) is 58.5 Å². The monoisotopic (exact) mass is 782 g/mol. The fraction of sp³-hybridized carbons (Fsp3) is 0.736. The van der Waals surface area contributed by atoms with Gasteiger partial charge >= 0.3 is 0 Å². The molecule has 2 saturated heterocycles. The second-order valence-electron chi connectivity index (χ2n) is 22.8. The normalized spacial score (nSPS) is 37.8. The minimum atomic E-state index is 0.126. The summed E-state index contributed by atoms with van der Waals surface area (Å²) in [6.45, 7) is 13.8. The lowest BCUT2D eigenvalue weighted by Crippen LogP contribution is -2.63. The van der Waals surface area contributed by atoms with Gasteiger partial charge in [-0.05, 0) is 139 Å². The van der Waals surface area contributed by atoms with Gasteiger partial charge in [0.2, 0.25) is 6.71 Å². The summed E-state index contributed by atoms with van der Waals surface area (Å²) in [7, 11) is 0. The molecule has 0 bridgehead atoms. The summed E-state index contributed by atoms with van der Waals surface area (Å²) in [6, 6.07) is 1.99. The largest absolute Gasteiger partial charge is 0.363 e. The first-order chi connectivity index (χ1) is 28.2. The van der Waals surface area contributed by atoms with E-state index in [1.54, 1.807) is 11.4 Å². The van der Waals surface area contributed by atoms with E-state index in [0.29, 0.717) is 53.4 Å². The molecule has 0 N–H and O–H groups in total.